The van der Waals surface area contributed by atoms with E-state index in [1.165, 1.54) is 7.05 Å². The lowest BCUT2D eigenvalue weighted by Crippen LogP contribution is -2.08. The van der Waals surface area contributed by atoms with E-state index in [4.69, 9.17) is 16.1 Å². The fourth-order valence-corrected chi connectivity index (χ4v) is 2.35. The Morgan fingerprint density at radius 3 is 2.15 bits per heavy atom. The second kappa shape index (κ2) is 6.01. The molecule has 138 valence electrons. The second-order valence-electron chi connectivity index (χ2n) is 5.13. The van der Waals surface area contributed by atoms with Crippen LogP contribution >= 0.6 is 11.6 Å². The topological polar surface area (TPSA) is 56.7 Å². The summed E-state index contributed by atoms with van der Waals surface area (Å²) in [5.41, 5.74) is -2.68. The van der Waals surface area contributed by atoms with Gasteiger partial charge in [-0.2, -0.15) is 36.4 Å². The second-order valence-corrected chi connectivity index (χ2v) is 5.49. The maximum absolute atomic E-state index is 13.1. The van der Waals surface area contributed by atoms with Crippen molar-refractivity contribution in [3.05, 3.63) is 40.7 Å². The van der Waals surface area contributed by atoms with Crippen molar-refractivity contribution in [2.24, 2.45) is 7.05 Å². The van der Waals surface area contributed by atoms with Gasteiger partial charge in [0.05, 0.1) is 5.56 Å². The third-order valence-corrected chi connectivity index (χ3v) is 3.79. The van der Waals surface area contributed by atoms with E-state index in [1.54, 1.807) is 0 Å². The van der Waals surface area contributed by atoms with E-state index in [0.29, 0.717) is 0 Å². The summed E-state index contributed by atoms with van der Waals surface area (Å²) in [5.74, 6) is -0.743. The van der Waals surface area contributed by atoms with Crippen LogP contribution in [-0.2, 0) is 19.4 Å². The van der Waals surface area contributed by atoms with E-state index in [9.17, 15) is 26.3 Å². The Morgan fingerprint density at radius 1 is 1.00 bits per heavy atom. The Hall–Kier alpha value is -2.56. The molecular weight excluding hydrogens is 390 g/mol. The summed E-state index contributed by atoms with van der Waals surface area (Å²) < 4.78 is 82.6. The summed E-state index contributed by atoms with van der Waals surface area (Å²) in [6.07, 6.45) is -9.34. The summed E-state index contributed by atoms with van der Waals surface area (Å²) in [6.45, 7) is 0. The van der Waals surface area contributed by atoms with Crippen molar-refractivity contribution in [2.45, 2.75) is 12.4 Å². The molecule has 0 spiro atoms. The molecule has 3 rings (SSSR count). The highest BCUT2D eigenvalue weighted by atomic mass is 35.5. The van der Waals surface area contributed by atoms with E-state index in [0.717, 1.165) is 28.9 Å². The Kier molecular flexibility index (Phi) is 4.21. The number of alkyl halides is 6. The van der Waals surface area contributed by atoms with Gasteiger partial charge in [0.15, 0.2) is 5.69 Å². The van der Waals surface area contributed by atoms with Crippen molar-refractivity contribution in [3.8, 4) is 22.8 Å². The van der Waals surface area contributed by atoms with E-state index in [2.05, 4.69) is 15.2 Å². The molecule has 5 nitrogen and oxygen atoms in total. The number of hydrogen-bond acceptors (Lipinski definition) is 4. The van der Waals surface area contributed by atoms with Gasteiger partial charge in [-0.3, -0.25) is 4.68 Å². The summed E-state index contributed by atoms with van der Waals surface area (Å²) in [4.78, 5) is 3.79. The zero-order valence-electron chi connectivity index (χ0n) is 12.7. The van der Waals surface area contributed by atoms with Gasteiger partial charge < -0.3 is 4.52 Å². The van der Waals surface area contributed by atoms with Gasteiger partial charge in [-0.15, -0.1) is 0 Å². The zero-order valence-corrected chi connectivity index (χ0v) is 13.4. The Balaban J connectivity index is 2.02. The molecule has 2 heterocycles. The first-order valence-corrected chi connectivity index (χ1v) is 7.17. The molecule has 0 radical (unpaired) electrons. The number of aryl methyl sites for hydroxylation is 1. The van der Waals surface area contributed by atoms with Crippen LogP contribution in [0.4, 0.5) is 26.3 Å². The normalized spacial score (nSPS) is 12.6. The first-order valence-electron chi connectivity index (χ1n) is 6.80. The number of halogens is 7. The summed E-state index contributed by atoms with van der Waals surface area (Å²) in [7, 11) is 1.20. The molecule has 0 fully saturated rings. The van der Waals surface area contributed by atoms with Gasteiger partial charge >= 0.3 is 12.4 Å². The van der Waals surface area contributed by atoms with Crippen LogP contribution in [-0.4, -0.2) is 19.9 Å². The lowest BCUT2D eigenvalue weighted by molar-refractivity contribution is -0.141. The van der Waals surface area contributed by atoms with Crippen LogP contribution in [0.2, 0.25) is 5.15 Å². The maximum Gasteiger partial charge on any atom is 0.436 e. The quantitative estimate of drug-likeness (QED) is 0.582. The van der Waals surface area contributed by atoms with Crippen molar-refractivity contribution in [3.63, 3.8) is 0 Å². The van der Waals surface area contributed by atoms with Gasteiger partial charge in [0.1, 0.15) is 10.7 Å². The molecule has 0 N–H and O–H groups in total. The zero-order chi connectivity index (χ0) is 19.3. The third-order valence-electron chi connectivity index (χ3n) is 3.36. The van der Waals surface area contributed by atoms with Gasteiger partial charge in [-0.1, -0.05) is 28.9 Å². The van der Waals surface area contributed by atoms with E-state index in [-0.39, 0.29) is 16.5 Å². The van der Waals surface area contributed by atoms with Gasteiger partial charge in [-0.05, 0) is 12.1 Å². The first-order chi connectivity index (χ1) is 12.0. The number of hydrogen-bond donors (Lipinski definition) is 0. The van der Waals surface area contributed by atoms with Gasteiger partial charge in [0.2, 0.25) is 5.82 Å². The molecule has 0 saturated heterocycles. The number of aromatic nitrogens is 4. The van der Waals surface area contributed by atoms with Crippen LogP contribution < -0.4 is 0 Å². The number of rotatable bonds is 2. The molecule has 3 aromatic rings. The highest BCUT2D eigenvalue weighted by molar-refractivity contribution is 6.32. The molecule has 0 atom stereocenters. The minimum absolute atomic E-state index is 0.126. The SMILES string of the molecule is Cn1nc(C(F)(F)F)c(-c2nc(-c3ccc(C(F)(F)F)cc3)no2)c1Cl. The fraction of sp³-hybridized carbons (Fsp3) is 0.214. The lowest BCUT2D eigenvalue weighted by atomic mass is 10.1. The predicted molar refractivity (Wildman–Crippen MR) is 77.0 cm³/mol. The van der Waals surface area contributed by atoms with Crippen LogP contribution in [0.1, 0.15) is 11.3 Å². The number of benzene rings is 1. The van der Waals surface area contributed by atoms with Crippen LogP contribution in [0.3, 0.4) is 0 Å². The molecule has 12 heteroatoms. The van der Waals surface area contributed by atoms with Crippen molar-refractivity contribution in [1.82, 2.24) is 19.9 Å². The maximum atomic E-state index is 13.1. The van der Waals surface area contributed by atoms with Crippen LogP contribution in [0.25, 0.3) is 22.8 Å². The van der Waals surface area contributed by atoms with Crippen LogP contribution in [0, 0.1) is 0 Å². The van der Waals surface area contributed by atoms with Gasteiger partial charge in [0.25, 0.3) is 5.89 Å². The van der Waals surface area contributed by atoms with Crippen LogP contribution in [0.5, 0.6) is 0 Å². The smallest absolute Gasteiger partial charge is 0.333 e. The average Bonchev–Trinajstić information content (AvgIpc) is 3.12. The first kappa shape index (κ1) is 18.2. The number of nitrogens with zero attached hydrogens (tertiary/aromatic N) is 4. The Labute approximate surface area is 146 Å². The predicted octanol–water partition coefficient (Wildman–Crippen LogP) is 4.83. The summed E-state index contributed by atoms with van der Waals surface area (Å²) in [5, 5.41) is 6.41. The molecule has 0 aliphatic rings. The van der Waals surface area contributed by atoms with E-state index >= 15 is 0 Å². The molecule has 26 heavy (non-hydrogen) atoms. The molecule has 0 unspecified atom stereocenters. The monoisotopic (exact) mass is 396 g/mol. The van der Waals surface area contributed by atoms with Crippen molar-refractivity contribution < 1.29 is 30.9 Å². The molecule has 0 aliphatic carbocycles. The molecular formula is C14H7ClF6N4O. The molecule has 2 aromatic heterocycles. The molecule has 0 amide bonds. The molecule has 0 saturated carbocycles. The van der Waals surface area contributed by atoms with Gasteiger partial charge in [-0.25, -0.2) is 0 Å². The average molecular weight is 397 g/mol. The minimum Gasteiger partial charge on any atom is -0.333 e. The third kappa shape index (κ3) is 3.26. The molecule has 0 bridgehead atoms. The molecule has 1 aromatic carbocycles. The highest BCUT2D eigenvalue weighted by Crippen LogP contribution is 2.40. The lowest BCUT2D eigenvalue weighted by Gasteiger charge is -2.05. The fourth-order valence-electron chi connectivity index (χ4n) is 2.14. The largest absolute Gasteiger partial charge is 0.436 e. The Morgan fingerprint density at radius 2 is 1.62 bits per heavy atom. The molecule has 0 aliphatic heterocycles. The minimum atomic E-state index is -4.82. The van der Waals surface area contributed by atoms with Crippen LogP contribution in [0.15, 0.2) is 28.8 Å². The standard InChI is InChI=1S/C14H7ClF6N4O/c1-25-10(15)8(9(23-25)14(19,20)21)12-22-11(24-26-12)6-2-4-7(5-3-6)13(16,17)18/h2-5H,1H3. The Bertz CT molecular complexity index is 942. The van der Waals surface area contributed by atoms with Crippen molar-refractivity contribution in [1.29, 1.82) is 0 Å². The van der Waals surface area contributed by atoms with Crippen molar-refractivity contribution in [2.75, 3.05) is 0 Å². The van der Waals surface area contributed by atoms with Crippen molar-refractivity contribution >= 4 is 11.6 Å². The van der Waals surface area contributed by atoms with E-state index in [1.807, 2.05) is 0 Å². The summed E-state index contributed by atoms with van der Waals surface area (Å²) >= 11 is 5.83. The highest BCUT2D eigenvalue weighted by Gasteiger charge is 2.41. The van der Waals surface area contributed by atoms with Gasteiger partial charge in [0, 0.05) is 12.6 Å². The van der Waals surface area contributed by atoms with E-state index < -0.39 is 35.1 Å². The summed E-state index contributed by atoms with van der Waals surface area (Å²) in [6, 6.07) is 3.74.